The quantitative estimate of drug-likeness (QED) is 0.539. The summed E-state index contributed by atoms with van der Waals surface area (Å²) in [5.74, 6) is 0. The van der Waals surface area contributed by atoms with E-state index in [-0.39, 0.29) is 7.43 Å². The first-order chi connectivity index (χ1) is 4.83. The van der Waals surface area contributed by atoms with Crippen LogP contribution < -0.4 is 0 Å². The normalized spacial score (nSPS) is 10.3. The van der Waals surface area contributed by atoms with Crippen LogP contribution in [0.5, 0.6) is 0 Å². The molecule has 0 radical (unpaired) electrons. The van der Waals surface area contributed by atoms with Crippen LogP contribution in [0.3, 0.4) is 0 Å². The molecular formula is C12H24. The van der Waals surface area contributed by atoms with Crippen LogP contribution in [-0.2, 0) is 0 Å². The molecule has 0 bridgehead atoms. The van der Waals surface area contributed by atoms with Gasteiger partial charge < -0.3 is 0 Å². The Morgan fingerprint density at radius 3 is 1.42 bits per heavy atom. The van der Waals surface area contributed by atoms with E-state index in [0.717, 1.165) is 12.8 Å². The molecule has 0 aliphatic heterocycles. The Bertz CT molecular complexity index is 143. The lowest BCUT2D eigenvalue weighted by Crippen LogP contribution is -2.11. The van der Waals surface area contributed by atoms with Crippen LogP contribution in [0.25, 0.3) is 0 Å². The summed E-state index contributed by atoms with van der Waals surface area (Å²) in [6.07, 6.45) is 2.19. The minimum atomic E-state index is 0. The maximum absolute atomic E-state index is 3.92. The van der Waals surface area contributed by atoms with E-state index >= 15 is 0 Å². The molecule has 0 heteroatoms. The predicted molar refractivity (Wildman–Crippen MR) is 59.4 cm³/mol. The lowest BCUT2D eigenvalue weighted by atomic mass is 9.81. The third-order valence-corrected chi connectivity index (χ3v) is 1.56. The fourth-order valence-electron chi connectivity index (χ4n) is 1.70. The highest BCUT2D eigenvalue weighted by molar-refractivity contribution is 5.00. The number of allylic oxidation sites excluding steroid dienone is 2. The minimum absolute atomic E-state index is 0. The highest BCUT2D eigenvalue weighted by Crippen LogP contribution is 2.30. The fraction of sp³-hybridized carbons (Fsp3) is 0.667. The number of rotatable bonds is 4. The standard InChI is InChI=1S/C11H20.CH4/c1-9(2)7-11(5,6)8-10(3)4;/h1,3,7-8H2,2,4-6H3;1H4. The van der Waals surface area contributed by atoms with Crippen LogP contribution in [-0.4, -0.2) is 0 Å². The second-order valence-corrected chi connectivity index (χ2v) is 4.43. The Morgan fingerprint density at radius 2 is 1.25 bits per heavy atom. The van der Waals surface area contributed by atoms with Crippen molar-refractivity contribution in [1.82, 2.24) is 0 Å². The molecule has 0 aromatic heterocycles. The second-order valence-electron chi connectivity index (χ2n) is 4.43. The number of hydrogen-bond donors (Lipinski definition) is 0. The van der Waals surface area contributed by atoms with Gasteiger partial charge in [0.05, 0.1) is 0 Å². The molecule has 0 aromatic carbocycles. The van der Waals surface area contributed by atoms with Crippen molar-refractivity contribution in [1.29, 1.82) is 0 Å². The van der Waals surface area contributed by atoms with E-state index in [0.29, 0.717) is 5.41 Å². The number of hydrogen-bond acceptors (Lipinski definition) is 0. The molecule has 0 rings (SSSR count). The zero-order valence-electron chi connectivity index (χ0n) is 8.33. The van der Waals surface area contributed by atoms with E-state index in [1.165, 1.54) is 11.1 Å². The van der Waals surface area contributed by atoms with Crippen molar-refractivity contribution in [3.05, 3.63) is 24.3 Å². The van der Waals surface area contributed by atoms with Gasteiger partial charge in [-0.15, -0.1) is 13.2 Å². The average molecular weight is 168 g/mol. The molecule has 0 N–H and O–H groups in total. The molecule has 0 aliphatic rings. The summed E-state index contributed by atoms with van der Waals surface area (Å²) in [6, 6.07) is 0. The topological polar surface area (TPSA) is 0 Å². The van der Waals surface area contributed by atoms with Crippen LogP contribution in [0.2, 0.25) is 0 Å². The van der Waals surface area contributed by atoms with Crippen LogP contribution in [0.4, 0.5) is 0 Å². The molecule has 0 aromatic rings. The molecule has 0 aliphatic carbocycles. The van der Waals surface area contributed by atoms with Crippen molar-refractivity contribution in [3.63, 3.8) is 0 Å². The van der Waals surface area contributed by atoms with Crippen molar-refractivity contribution >= 4 is 0 Å². The first-order valence-corrected chi connectivity index (χ1v) is 4.12. The summed E-state index contributed by atoms with van der Waals surface area (Å²) < 4.78 is 0. The van der Waals surface area contributed by atoms with Gasteiger partial charge in [-0.3, -0.25) is 0 Å². The van der Waals surface area contributed by atoms with Gasteiger partial charge in [0.15, 0.2) is 0 Å². The fourth-order valence-corrected chi connectivity index (χ4v) is 1.70. The molecule has 12 heavy (non-hydrogen) atoms. The lowest BCUT2D eigenvalue weighted by molar-refractivity contribution is 0.359. The van der Waals surface area contributed by atoms with Gasteiger partial charge in [-0.25, -0.2) is 0 Å². The highest BCUT2D eigenvalue weighted by atomic mass is 14.2. The molecule has 0 nitrogen and oxygen atoms in total. The highest BCUT2D eigenvalue weighted by Gasteiger charge is 2.17. The van der Waals surface area contributed by atoms with Crippen LogP contribution in [0, 0.1) is 5.41 Å². The molecule has 0 amide bonds. The Kier molecular flexibility index (Phi) is 6.06. The molecule has 0 heterocycles. The first-order valence-electron chi connectivity index (χ1n) is 4.12. The van der Waals surface area contributed by atoms with Gasteiger partial charge in [0, 0.05) is 0 Å². The largest absolute Gasteiger partial charge is 0.100 e. The van der Waals surface area contributed by atoms with Crippen molar-refractivity contribution in [2.75, 3.05) is 0 Å². The van der Waals surface area contributed by atoms with Crippen molar-refractivity contribution in [3.8, 4) is 0 Å². The van der Waals surface area contributed by atoms with E-state index in [9.17, 15) is 0 Å². The maximum Gasteiger partial charge on any atom is -0.0271 e. The molecule has 0 atom stereocenters. The average Bonchev–Trinajstić information content (AvgIpc) is 1.53. The van der Waals surface area contributed by atoms with Crippen molar-refractivity contribution in [2.45, 2.75) is 48.0 Å². The molecule has 0 saturated carbocycles. The second kappa shape index (κ2) is 5.18. The Morgan fingerprint density at radius 1 is 1.00 bits per heavy atom. The van der Waals surface area contributed by atoms with Gasteiger partial charge in [0.1, 0.15) is 0 Å². The Hall–Kier alpha value is -0.520. The molecule has 0 saturated heterocycles. The van der Waals surface area contributed by atoms with E-state index in [4.69, 9.17) is 0 Å². The summed E-state index contributed by atoms with van der Waals surface area (Å²) in [6.45, 7) is 16.5. The van der Waals surface area contributed by atoms with Crippen molar-refractivity contribution in [2.24, 2.45) is 5.41 Å². The third kappa shape index (κ3) is 7.59. The van der Waals surface area contributed by atoms with E-state index in [2.05, 4.69) is 40.9 Å². The Balaban J connectivity index is 0. The van der Waals surface area contributed by atoms with Gasteiger partial charge >= 0.3 is 0 Å². The zero-order valence-corrected chi connectivity index (χ0v) is 8.33. The molecular weight excluding hydrogens is 144 g/mol. The van der Waals surface area contributed by atoms with Gasteiger partial charge in [-0.05, 0) is 32.1 Å². The summed E-state index contributed by atoms with van der Waals surface area (Å²) >= 11 is 0. The summed E-state index contributed by atoms with van der Waals surface area (Å²) in [7, 11) is 0. The monoisotopic (exact) mass is 168 g/mol. The van der Waals surface area contributed by atoms with Gasteiger partial charge in [0.2, 0.25) is 0 Å². The van der Waals surface area contributed by atoms with Gasteiger partial charge in [-0.1, -0.05) is 32.4 Å². The van der Waals surface area contributed by atoms with E-state index in [1.54, 1.807) is 0 Å². The smallest absolute Gasteiger partial charge is 0.0271 e. The van der Waals surface area contributed by atoms with E-state index < -0.39 is 0 Å². The first kappa shape index (κ1) is 14.0. The summed E-state index contributed by atoms with van der Waals surface area (Å²) in [5, 5.41) is 0. The van der Waals surface area contributed by atoms with Gasteiger partial charge in [0.25, 0.3) is 0 Å². The van der Waals surface area contributed by atoms with Crippen LogP contribution in [0.15, 0.2) is 24.3 Å². The molecule has 72 valence electrons. The van der Waals surface area contributed by atoms with Crippen molar-refractivity contribution < 1.29 is 0 Å². The van der Waals surface area contributed by atoms with Crippen LogP contribution in [0.1, 0.15) is 48.0 Å². The van der Waals surface area contributed by atoms with Gasteiger partial charge in [-0.2, -0.15) is 0 Å². The molecule has 0 unspecified atom stereocenters. The van der Waals surface area contributed by atoms with Crippen LogP contribution >= 0.6 is 0 Å². The zero-order chi connectivity index (χ0) is 9.07. The predicted octanol–water partition coefficient (Wildman–Crippen LogP) is 4.58. The third-order valence-electron chi connectivity index (χ3n) is 1.56. The minimum Gasteiger partial charge on any atom is -0.100 e. The van der Waals surface area contributed by atoms with E-state index in [1.807, 2.05) is 0 Å². The summed E-state index contributed by atoms with van der Waals surface area (Å²) in [5.41, 5.74) is 2.87. The summed E-state index contributed by atoms with van der Waals surface area (Å²) in [4.78, 5) is 0. The lowest BCUT2D eigenvalue weighted by Gasteiger charge is -2.24. The molecule has 0 spiro atoms. The Labute approximate surface area is 78.4 Å². The molecule has 0 fully saturated rings. The SMILES string of the molecule is C.C=C(C)CC(C)(C)CC(=C)C. The maximum atomic E-state index is 3.92.